The third kappa shape index (κ3) is 3.52. The van der Waals surface area contributed by atoms with Gasteiger partial charge in [0.25, 0.3) is 5.91 Å². The maximum atomic E-state index is 12.9. The van der Waals surface area contributed by atoms with Crippen molar-refractivity contribution in [2.24, 2.45) is 0 Å². The zero-order valence-electron chi connectivity index (χ0n) is 16.8. The molecule has 2 aromatic carbocycles. The lowest BCUT2D eigenvalue weighted by Gasteiger charge is -2.29. The van der Waals surface area contributed by atoms with E-state index in [-0.39, 0.29) is 24.1 Å². The van der Waals surface area contributed by atoms with E-state index in [0.717, 1.165) is 31.6 Å². The molecule has 3 heterocycles. The van der Waals surface area contributed by atoms with Crippen molar-refractivity contribution in [1.29, 1.82) is 0 Å². The van der Waals surface area contributed by atoms with Crippen LogP contribution in [0, 0.1) is 0 Å². The lowest BCUT2D eigenvalue weighted by Crippen LogP contribution is -2.52. The lowest BCUT2D eigenvalue weighted by molar-refractivity contribution is -0.136. The molecule has 2 fully saturated rings. The van der Waals surface area contributed by atoms with Crippen LogP contribution >= 0.6 is 0 Å². The first-order chi connectivity index (χ1) is 14.6. The standard InChI is InChI=1S/C24H25N3O3/c28-22-9-8-21(23(29)25-22)27-15-19-12-17(6-7-20(19)24(27)30)18-10-11-26(14-18)13-16-4-2-1-3-5-16/h1-7,12,18,21H,8-11,13-15H2,(H,25,28,29). The zero-order valence-corrected chi connectivity index (χ0v) is 16.8. The molecule has 2 saturated heterocycles. The first-order valence-electron chi connectivity index (χ1n) is 10.6. The SMILES string of the molecule is O=C1CCC(N2Cc3cc(C4CCN(Cc5ccccc5)C4)ccc3C2=O)C(=O)N1. The second-order valence-electron chi connectivity index (χ2n) is 8.52. The fraction of sp³-hybridized carbons (Fsp3) is 0.375. The number of fused-ring (bicyclic) bond motifs is 1. The number of hydrogen-bond donors (Lipinski definition) is 1. The zero-order chi connectivity index (χ0) is 20.7. The van der Waals surface area contributed by atoms with Gasteiger partial charge in [0, 0.05) is 31.6 Å². The minimum Gasteiger partial charge on any atom is -0.322 e. The molecule has 2 aromatic rings. The van der Waals surface area contributed by atoms with E-state index < -0.39 is 6.04 Å². The Bertz CT molecular complexity index is 1000. The first kappa shape index (κ1) is 19.0. The number of hydrogen-bond acceptors (Lipinski definition) is 4. The number of carbonyl (C=O) groups is 3. The smallest absolute Gasteiger partial charge is 0.255 e. The molecule has 5 rings (SSSR count). The Labute approximate surface area is 175 Å². The van der Waals surface area contributed by atoms with Gasteiger partial charge in [-0.25, -0.2) is 0 Å². The number of rotatable bonds is 4. The number of carbonyl (C=O) groups excluding carboxylic acids is 3. The van der Waals surface area contributed by atoms with Crippen molar-refractivity contribution < 1.29 is 14.4 Å². The summed E-state index contributed by atoms with van der Waals surface area (Å²) >= 11 is 0. The van der Waals surface area contributed by atoms with E-state index in [1.807, 2.05) is 12.1 Å². The Morgan fingerprint density at radius 3 is 2.63 bits per heavy atom. The first-order valence-corrected chi connectivity index (χ1v) is 10.6. The quantitative estimate of drug-likeness (QED) is 0.796. The molecular weight excluding hydrogens is 378 g/mol. The molecule has 0 bridgehead atoms. The second-order valence-corrected chi connectivity index (χ2v) is 8.52. The number of benzene rings is 2. The summed E-state index contributed by atoms with van der Waals surface area (Å²) in [7, 11) is 0. The van der Waals surface area contributed by atoms with Gasteiger partial charge in [-0.2, -0.15) is 0 Å². The Balaban J connectivity index is 1.28. The predicted octanol–water partition coefficient (Wildman–Crippen LogP) is 2.44. The van der Waals surface area contributed by atoms with Crippen molar-refractivity contribution in [3.8, 4) is 0 Å². The van der Waals surface area contributed by atoms with Gasteiger partial charge in [-0.3, -0.25) is 24.6 Å². The van der Waals surface area contributed by atoms with Crippen molar-refractivity contribution in [2.75, 3.05) is 13.1 Å². The van der Waals surface area contributed by atoms with Gasteiger partial charge in [0.1, 0.15) is 6.04 Å². The highest BCUT2D eigenvalue weighted by molar-refractivity contribution is 6.05. The second kappa shape index (κ2) is 7.69. The van der Waals surface area contributed by atoms with E-state index >= 15 is 0 Å². The molecule has 3 aliphatic heterocycles. The summed E-state index contributed by atoms with van der Waals surface area (Å²) in [5, 5.41) is 2.36. The van der Waals surface area contributed by atoms with Gasteiger partial charge in [0.05, 0.1) is 0 Å². The average Bonchev–Trinajstić information content (AvgIpc) is 3.33. The van der Waals surface area contributed by atoms with Crippen LogP contribution in [0.3, 0.4) is 0 Å². The molecule has 3 aliphatic rings. The van der Waals surface area contributed by atoms with E-state index in [2.05, 4.69) is 46.6 Å². The molecule has 30 heavy (non-hydrogen) atoms. The van der Waals surface area contributed by atoms with Gasteiger partial charge in [0.15, 0.2) is 0 Å². The van der Waals surface area contributed by atoms with Crippen LogP contribution < -0.4 is 5.32 Å². The van der Waals surface area contributed by atoms with Gasteiger partial charge in [0.2, 0.25) is 11.8 Å². The Morgan fingerprint density at radius 1 is 1.00 bits per heavy atom. The average molecular weight is 403 g/mol. The normalized spacial score (nSPS) is 24.3. The number of nitrogens with zero attached hydrogens (tertiary/aromatic N) is 2. The molecule has 0 aromatic heterocycles. The van der Waals surface area contributed by atoms with Crippen molar-refractivity contribution in [1.82, 2.24) is 15.1 Å². The van der Waals surface area contributed by atoms with Crippen molar-refractivity contribution in [2.45, 2.75) is 44.3 Å². The van der Waals surface area contributed by atoms with Crippen molar-refractivity contribution >= 4 is 17.7 Å². The summed E-state index contributed by atoms with van der Waals surface area (Å²) in [6.45, 7) is 3.48. The monoisotopic (exact) mass is 403 g/mol. The summed E-state index contributed by atoms with van der Waals surface area (Å²) in [5.41, 5.74) is 4.27. The largest absolute Gasteiger partial charge is 0.322 e. The summed E-state index contributed by atoms with van der Waals surface area (Å²) < 4.78 is 0. The summed E-state index contributed by atoms with van der Waals surface area (Å²) in [6.07, 6.45) is 1.78. The number of piperidine rings is 1. The molecule has 154 valence electrons. The number of likely N-dealkylation sites (tertiary alicyclic amines) is 1. The van der Waals surface area contributed by atoms with Gasteiger partial charge in [-0.1, -0.05) is 42.5 Å². The van der Waals surface area contributed by atoms with E-state index in [1.165, 1.54) is 11.1 Å². The van der Waals surface area contributed by atoms with Gasteiger partial charge in [-0.05, 0) is 48.1 Å². The van der Waals surface area contributed by atoms with Crippen molar-refractivity contribution in [3.05, 3.63) is 70.8 Å². The summed E-state index contributed by atoms with van der Waals surface area (Å²) in [6, 6.07) is 16.1. The molecule has 0 radical (unpaired) electrons. The van der Waals surface area contributed by atoms with Crippen LogP contribution in [-0.2, 0) is 22.7 Å². The van der Waals surface area contributed by atoms with Crippen LogP contribution in [0.4, 0.5) is 0 Å². The molecular formula is C24H25N3O3. The Morgan fingerprint density at radius 2 is 1.83 bits per heavy atom. The lowest BCUT2D eigenvalue weighted by atomic mass is 9.95. The minimum absolute atomic E-state index is 0.108. The minimum atomic E-state index is -0.557. The molecule has 1 N–H and O–H groups in total. The summed E-state index contributed by atoms with van der Waals surface area (Å²) in [5.74, 6) is -0.272. The van der Waals surface area contributed by atoms with E-state index in [4.69, 9.17) is 0 Å². The molecule has 6 nitrogen and oxygen atoms in total. The maximum absolute atomic E-state index is 12.9. The van der Waals surface area contributed by atoms with Crippen LogP contribution in [0.25, 0.3) is 0 Å². The topological polar surface area (TPSA) is 69.7 Å². The number of imide groups is 1. The Hall–Kier alpha value is -2.99. The van der Waals surface area contributed by atoms with Gasteiger partial charge < -0.3 is 4.90 Å². The molecule has 6 heteroatoms. The third-order valence-electron chi connectivity index (χ3n) is 6.54. The highest BCUT2D eigenvalue weighted by Crippen LogP contribution is 2.33. The van der Waals surface area contributed by atoms with Gasteiger partial charge >= 0.3 is 0 Å². The van der Waals surface area contributed by atoms with Crippen LogP contribution in [0.1, 0.15) is 52.2 Å². The van der Waals surface area contributed by atoms with Crippen LogP contribution in [0.5, 0.6) is 0 Å². The fourth-order valence-electron chi connectivity index (χ4n) is 4.94. The van der Waals surface area contributed by atoms with E-state index in [0.29, 0.717) is 24.4 Å². The molecule has 0 saturated carbocycles. The molecule has 0 spiro atoms. The van der Waals surface area contributed by atoms with Gasteiger partial charge in [-0.15, -0.1) is 0 Å². The van der Waals surface area contributed by atoms with E-state index in [9.17, 15) is 14.4 Å². The predicted molar refractivity (Wildman–Crippen MR) is 112 cm³/mol. The molecule has 2 atom stereocenters. The maximum Gasteiger partial charge on any atom is 0.255 e. The van der Waals surface area contributed by atoms with Crippen LogP contribution in [0.2, 0.25) is 0 Å². The van der Waals surface area contributed by atoms with E-state index in [1.54, 1.807) is 4.90 Å². The number of amides is 3. The molecule has 3 amide bonds. The Kier molecular flexibility index (Phi) is 4.87. The highest BCUT2D eigenvalue weighted by atomic mass is 16.2. The number of nitrogens with one attached hydrogen (secondary N) is 1. The fourth-order valence-corrected chi connectivity index (χ4v) is 4.94. The van der Waals surface area contributed by atoms with Crippen molar-refractivity contribution in [3.63, 3.8) is 0 Å². The summed E-state index contributed by atoms with van der Waals surface area (Å²) in [4.78, 5) is 40.6. The van der Waals surface area contributed by atoms with Crippen LogP contribution in [0.15, 0.2) is 48.5 Å². The molecule has 2 unspecified atom stereocenters. The highest BCUT2D eigenvalue weighted by Gasteiger charge is 2.39. The van der Waals surface area contributed by atoms with Crippen LogP contribution in [-0.4, -0.2) is 46.7 Å². The molecule has 0 aliphatic carbocycles. The third-order valence-corrected chi connectivity index (χ3v) is 6.54.